The van der Waals surface area contributed by atoms with Crippen molar-refractivity contribution in [3.63, 3.8) is 0 Å². The summed E-state index contributed by atoms with van der Waals surface area (Å²) >= 11 is 0. The van der Waals surface area contributed by atoms with Crippen LogP contribution in [0.3, 0.4) is 0 Å². The van der Waals surface area contributed by atoms with E-state index in [4.69, 9.17) is 4.74 Å². The second-order valence-corrected chi connectivity index (χ2v) is 3.35. The third kappa shape index (κ3) is 1.07. The van der Waals surface area contributed by atoms with Crippen LogP contribution in [0.25, 0.3) is 0 Å². The molecule has 0 fully saturated rings. The van der Waals surface area contributed by atoms with Crippen molar-refractivity contribution >= 4 is 5.97 Å². The fourth-order valence-corrected chi connectivity index (χ4v) is 1.93. The van der Waals surface area contributed by atoms with Gasteiger partial charge < -0.3 is 4.74 Å². The van der Waals surface area contributed by atoms with Gasteiger partial charge in [0.1, 0.15) is 0 Å². The molecule has 0 aromatic carbocycles. The fourth-order valence-electron chi connectivity index (χ4n) is 1.93. The number of hydrogen-bond acceptors (Lipinski definition) is 2. The summed E-state index contributed by atoms with van der Waals surface area (Å²) in [7, 11) is 1.44. The molecular weight excluding hydrogens is 152 g/mol. The van der Waals surface area contributed by atoms with Gasteiger partial charge in [-0.1, -0.05) is 18.2 Å². The van der Waals surface area contributed by atoms with Gasteiger partial charge in [0, 0.05) is 11.5 Å². The maximum atomic E-state index is 11.2. The number of ether oxygens (including phenoxy) is 1. The standard InChI is InChI=1S/C10H12O2/c1-12-10(11)9-6-7-2-4-8(9)5-3-7/h2,4,6-8H,3,5H2,1H3. The molecule has 2 nitrogen and oxygen atoms in total. The van der Waals surface area contributed by atoms with Crippen molar-refractivity contribution in [2.45, 2.75) is 12.8 Å². The van der Waals surface area contributed by atoms with Gasteiger partial charge in [0.25, 0.3) is 0 Å². The van der Waals surface area contributed by atoms with Gasteiger partial charge in [0.05, 0.1) is 7.11 Å². The summed E-state index contributed by atoms with van der Waals surface area (Å²) in [6.07, 6.45) is 8.63. The smallest absolute Gasteiger partial charge is 0.334 e. The first kappa shape index (κ1) is 7.59. The molecule has 0 spiro atoms. The molecule has 2 heteroatoms. The van der Waals surface area contributed by atoms with Crippen LogP contribution in [0.1, 0.15) is 12.8 Å². The number of fused-ring (bicyclic) bond motifs is 1. The highest BCUT2D eigenvalue weighted by molar-refractivity contribution is 5.90. The van der Waals surface area contributed by atoms with Crippen molar-refractivity contribution in [2.75, 3.05) is 7.11 Å². The molecule has 12 heavy (non-hydrogen) atoms. The van der Waals surface area contributed by atoms with Crippen LogP contribution in [-0.4, -0.2) is 13.1 Å². The summed E-state index contributed by atoms with van der Waals surface area (Å²) in [5, 5.41) is 0. The Morgan fingerprint density at radius 1 is 1.50 bits per heavy atom. The molecule has 3 aliphatic rings. The average Bonchev–Trinajstić information content (AvgIpc) is 2.18. The Bertz CT molecular complexity index is 263. The van der Waals surface area contributed by atoms with Crippen molar-refractivity contribution in [1.29, 1.82) is 0 Å². The quantitative estimate of drug-likeness (QED) is 0.435. The molecule has 0 aromatic heterocycles. The highest BCUT2D eigenvalue weighted by Gasteiger charge is 2.28. The molecule has 0 aromatic rings. The minimum atomic E-state index is -0.158. The molecule has 0 saturated heterocycles. The summed E-state index contributed by atoms with van der Waals surface area (Å²) in [6.45, 7) is 0. The van der Waals surface area contributed by atoms with E-state index in [1.165, 1.54) is 13.5 Å². The number of hydrogen-bond donors (Lipinski definition) is 0. The maximum absolute atomic E-state index is 11.2. The first-order valence-corrected chi connectivity index (χ1v) is 4.29. The molecule has 0 saturated carbocycles. The van der Waals surface area contributed by atoms with E-state index in [0.29, 0.717) is 11.8 Å². The number of carbonyl (C=O) groups excluding carboxylic acids is 1. The normalized spacial score (nSPS) is 31.6. The predicted octanol–water partition coefficient (Wildman–Crippen LogP) is 1.68. The lowest BCUT2D eigenvalue weighted by molar-refractivity contribution is -0.136. The fraction of sp³-hybridized carbons (Fsp3) is 0.500. The zero-order valence-electron chi connectivity index (χ0n) is 7.12. The van der Waals surface area contributed by atoms with E-state index < -0.39 is 0 Å². The Balaban J connectivity index is 2.23. The van der Waals surface area contributed by atoms with Crippen molar-refractivity contribution < 1.29 is 9.53 Å². The minimum absolute atomic E-state index is 0.158. The molecule has 3 aliphatic carbocycles. The molecule has 0 N–H and O–H groups in total. The van der Waals surface area contributed by atoms with E-state index in [0.717, 1.165) is 12.0 Å². The van der Waals surface area contributed by atoms with Crippen LogP contribution in [0.15, 0.2) is 23.8 Å². The maximum Gasteiger partial charge on any atom is 0.334 e. The Labute approximate surface area is 71.9 Å². The van der Waals surface area contributed by atoms with Gasteiger partial charge in [-0.2, -0.15) is 0 Å². The first-order valence-electron chi connectivity index (χ1n) is 4.29. The Morgan fingerprint density at radius 3 is 2.75 bits per heavy atom. The van der Waals surface area contributed by atoms with Gasteiger partial charge in [0.15, 0.2) is 0 Å². The zero-order chi connectivity index (χ0) is 8.55. The van der Waals surface area contributed by atoms with Gasteiger partial charge >= 0.3 is 5.97 Å². The summed E-state index contributed by atoms with van der Waals surface area (Å²) < 4.78 is 4.70. The van der Waals surface area contributed by atoms with Crippen LogP contribution in [-0.2, 0) is 9.53 Å². The third-order valence-electron chi connectivity index (χ3n) is 2.62. The van der Waals surface area contributed by atoms with E-state index in [9.17, 15) is 4.79 Å². The van der Waals surface area contributed by atoms with E-state index in [-0.39, 0.29) is 5.97 Å². The van der Waals surface area contributed by atoms with Crippen molar-refractivity contribution in [2.24, 2.45) is 11.8 Å². The SMILES string of the molecule is COC(=O)C1=CC2C=CC1CC2. The highest BCUT2D eigenvalue weighted by Crippen LogP contribution is 2.35. The van der Waals surface area contributed by atoms with Crippen LogP contribution in [0.2, 0.25) is 0 Å². The topological polar surface area (TPSA) is 26.3 Å². The Hall–Kier alpha value is -1.05. The summed E-state index contributed by atoms with van der Waals surface area (Å²) in [5.74, 6) is 0.639. The molecule has 0 amide bonds. The number of allylic oxidation sites excluding steroid dienone is 3. The monoisotopic (exact) mass is 164 g/mol. The second kappa shape index (κ2) is 2.77. The molecule has 0 aliphatic heterocycles. The van der Waals surface area contributed by atoms with Crippen LogP contribution < -0.4 is 0 Å². The average molecular weight is 164 g/mol. The van der Waals surface area contributed by atoms with Gasteiger partial charge in [-0.05, 0) is 18.8 Å². The summed E-state index contributed by atoms with van der Waals surface area (Å²) in [4.78, 5) is 11.2. The van der Waals surface area contributed by atoms with Crippen LogP contribution in [0.4, 0.5) is 0 Å². The largest absolute Gasteiger partial charge is 0.466 e. The minimum Gasteiger partial charge on any atom is -0.466 e. The van der Waals surface area contributed by atoms with Crippen LogP contribution in [0.5, 0.6) is 0 Å². The van der Waals surface area contributed by atoms with Gasteiger partial charge in [-0.25, -0.2) is 4.79 Å². The molecule has 2 atom stereocenters. The van der Waals surface area contributed by atoms with E-state index in [1.807, 2.05) is 6.08 Å². The number of rotatable bonds is 1. The van der Waals surface area contributed by atoms with Crippen LogP contribution in [0, 0.1) is 11.8 Å². The molecule has 2 unspecified atom stereocenters. The third-order valence-corrected chi connectivity index (χ3v) is 2.62. The van der Waals surface area contributed by atoms with Crippen molar-refractivity contribution in [3.8, 4) is 0 Å². The number of methoxy groups -OCH3 is 1. The number of carbonyl (C=O) groups is 1. The zero-order valence-corrected chi connectivity index (χ0v) is 7.12. The molecule has 3 rings (SSSR count). The van der Waals surface area contributed by atoms with Crippen LogP contribution >= 0.6 is 0 Å². The molecular formula is C10H12O2. The van der Waals surface area contributed by atoms with E-state index in [2.05, 4.69) is 12.2 Å². The van der Waals surface area contributed by atoms with Gasteiger partial charge in [-0.15, -0.1) is 0 Å². The lowest BCUT2D eigenvalue weighted by Crippen LogP contribution is -2.22. The molecule has 0 radical (unpaired) electrons. The van der Waals surface area contributed by atoms with Gasteiger partial charge in [-0.3, -0.25) is 0 Å². The summed E-state index contributed by atoms with van der Waals surface area (Å²) in [6, 6.07) is 0. The molecule has 0 heterocycles. The van der Waals surface area contributed by atoms with E-state index in [1.54, 1.807) is 0 Å². The van der Waals surface area contributed by atoms with E-state index >= 15 is 0 Å². The first-order chi connectivity index (χ1) is 5.81. The predicted molar refractivity (Wildman–Crippen MR) is 45.5 cm³/mol. The molecule has 64 valence electrons. The van der Waals surface area contributed by atoms with Crippen molar-refractivity contribution in [1.82, 2.24) is 0 Å². The lowest BCUT2D eigenvalue weighted by atomic mass is 9.77. The molecule has 2 bridgehead atoms. The highest BCUT2D eigenvalue weighted by atomic mass is 16.5. The second-order valence-electron chi connectivity index (χ2n) is 3.35. The lowest BCUT2D eigenvalue weighted by Gasteiger charge is -2.28. The van der Waals surface area contributed by atoms with Gasteiger partial charge in [0.2, 0.25) is 0 Å². The Morgan fingerprint density at radius 2 is 2.33 bits per heavy atom. The van der Waals surface area contributed by atoms with Crippen molar-refractivity contribution in [3.05, 3.63) is 23.8 Å². The number of esters is 1. The summed E-state index contributed by atoms with van der Waals surface area (Å²) in [5.41, 5.74) is 0.858. The Kier molecular flexibility index (Phi) is 1.75.